The van der Waals surface area contributed by atoms with E-state index in [4.69, 9.17) is 15.0 Å². The molecule has 12 rings (SSSR count). The normalized spacial score (nSPS) is 14.3. The maximum atomic E-state index is 5.42. The number of fused-ring (bicyclic) bond motifs is 15. The predicted molar refractivity (Wildman–Crippen MR) is 238 cm³/mol. The molecule has 1 heterocycles. The average molecular weight is 740 g/mol. The molecule has 0 unspecified atom stereocenters. The molecule has 10 aromatic rings. The lowest BCUT2D eigenvalue weighted by Gasteiger charge is -2.46. The van der Waals surface area contributed by atoms with Gasteiger partial charge in [0.1, 0.15) is 0 Å². The van der Waals surface area contributed by atoms with Crippen molar-refractivity contribution in [3.05, 3.63) is 221 Å². The van der Waals surface area contributed by atoms with Crippen LogP contribution >= 0.6 is 0 Å². The lowest BCUT2D eigenvalue weighted by atomic mass is 9.55. The summed E-state index contributed by atoms with van der Waals surface area (Å²) in [5, 5.41) is 7.36. The number of rotatable bonds is 3. The summed E-state index contributed by atoms with van der Waals surface area (Å²) in [5.41, 5.74) is 12.5. The van der Waals surface area contributed by atoms with Crippen molar-refractivity contribution >= 4 is 32.3 Å². The van der Waals surface area contributed by atoms with Crippen LogP contribution in [0.25, 0.3) is 77.6 Å². The van der Waals surface area contributed by atoms with Gasteiger partial charge in [0.2, 0.25) is 0 Å². The Morgan fingerprint density at radius 3 is 1.40 bits per heavy atom. The zero-order valence-electron chi connectivity index (χ0n) is 32.2. The largest absolute Gasteiger partial charge is 0.208 e. The molecule has 0 N–H and O–H groups in total. The van der Waals surface area contributed by atoms with Gasteiger partial charge in [-0.3, -0.25) is 0 Å². The van der Waals surface area contributed by atoms with E-state index in [1.807, 2.05) is 18.2 Å². The highest BCUT2D eigenvalue weighted by Gasteiger charge is 2.53. The van der Waals surface area contributed by atoms with E-state index in [9.17, 15) is 0 Å². The summed E-state index contributed by atoms with van der Waals surface area (Å²) in [5.74, 6) is 1.96. The average Bonchev–Trinajstić information content (AvgIpc) is 3.59. The van der Waals surface area contributed by atoms with Gasteiger partial charge in [-0.25, -0.2) is 15.0 Å². The van der Waals surface area contributed by atoms with Gasteiger partial charge in [0.25, 0.3) is 0 Å². The Morgan fingerprint density at radius 2 is 0.759 bits per heavy atom. The Morgan fingerprint density at radius 1 is 0.310 bits per heavy atom. The molecule has 0 aliphatic heterocycles. The van der Waals surface area contributed by atoms with Crippen molar-refractivity contribution in [2.24, 2.45) is 0 Å². The second kappa shape index (κ2) is 12.1. The highest BCUT2D eigenvalue weighted by molar-refractivity contribution is 6.25. The number of nitrogens with zero attached hydrogens (tertiary/aromatic N) is 3. The quantitative estimate of drug-likeness (QED) is 0.169. The molecule has 2 aliphatic rings. The van der Waals surface area contributed by atoms with Crippen LogP contribution in [0.5, 0.6) is 0 Å². The SMILES string of the molecule is CC1(C)c2ccccc2C2(c3ccccc3-c3c(-c4nc(-c5ccccc5)nc(-c5ccc6c7ccccc7c7ccccc7c6c5)n4)cccc32)c2ccccc21. The minimum Gasteiger partial charge on any atom is -0.208 e. The maximum Gasteiger partial charge on any atom is 0.164 e. The standard InChI is InChI=1S/C55H37N3/c1-54(2)45-26-12-14-28-47(45)55(48-29-15-13-27-46(48)54)44-25-11-10-23-41(44)50-42(24-16-30-49(50)55)53-57-51(34-17-4-3-5-18-34)56-52(58-53)35-31-32-40-38-21-7-6-19-36(38)37-20-8-9-22-39(37)43(40)33-35/h3-33H,1-2H3. The molecule has 0 saturated heterocycles. The first kappa shape index (κ1) is 33.0. The Bertz CT molecular complexity index is 3240. The first-order chi connectivity index (χ1) is 28.5. The number of hydrogen-bond acceptors (Lipinski definition) is 3. The zero-order chi connectivity index (χ0) is 38.6. The van der Waals surface area contributed by atoms with E-state index in [0.717, 1.165) is 16.7 Å². The van der Waals surface area contributed by atoms with Crippen LogP contribution in [0.4, 0.5) is 0 Å². The number of hydrogen-bond donors (Lipinski definition) is 0. The smallest absolute Gasteiger partial charge is 0.164 e. The van der Waals surface area contributed by atoms with E-state index < -0.39 is 5.41 Å². The third-order valence-electron chi connectivity index (χ3n) is 13.0. The van der Waals surface area contributed by atoms with Crippen molar-refractivity contribution in [2.45, 2.75) is 24.7 Å². The molecule has 9 aromatic carbocycles. The van der Waals surface area contributed by atoms with Crippen molar-refractivity contribution in [3.63, 3.8) is 0 Å². The third-order valence-corrected chi connectivity index (χ3v) is 13.0. The lowest BCUT2D eigenvalue weighted by Crippen LogP contribution is -2.40. The van der Waals surface area contributed by atoms with Gasteiger partial charge in [0.05, 0.1) is 5.41 Å². The Labute approximate surface area is 337 Å². The monoisotopic (exact) mass is 739 g/mol. The Kier molecular flexibility index (Phi) is 6.90. The summed E-state index contributed by atoms with van der Waals surface area (Å²) in [6, 6.07) is 68.3. The number of aromatic nitrogens is 3. The summed E-state index contributed by atoms with van der Waals surface area (Å²) in [7, 11) is 0. The summed E-state index contributed by atoms with van der Waals surface area (Å²) in [6.45, 7) is 4.73. The highest BCUT2D eigenvalue weighted by atomic mass is 15.0. The first-order valence-electron chi connectivity index (χ1n) is 20.1. The van der Waals surface area contributed by atoms with Crippen LogP contribution < -0.4 is 0 Å². The van der Waals surface area contributed by atoms with Crippen LogP contribution in [0, 0.1) is 0 Å². The fourth-order valence-electron chi connectivity index (χ4n) is 10.5. The van der Waals surface area contributed by atoms with Crippen molar-refractivity contribution in [1.29, 1.82) is 0 Å². The third kappa shape index (κ3) is 4.41. The van der Waals surface area contributed by atoms with Gasteiger partial charge < -0.3 is 0 Å². The second-order valence-corrected chi connectivity index (χ2v) is 16.3. The van der Waals surface area contributed by atoms with Gasteiger partial charge >= 0.3 is 0 Å². The molecule has 0 fully saturated rings. The molecule has 0 radical (unpaired) electrons. The first-order valence-corrected chi connectivity index (χ1v) is 20.1. The van der Waals surface area contributed by atoms with E-state index in [1.165, 1.54) is 76.8 Å². The minimum absolute atomic E-state index is 0.168. The highest BCUT2D eigenvalue weighted by Crippen LogP contribution is 2.63. The van der Waals surface area contributed by atoms with Crippen molar-refractivity contribution in [1.82, 2.24) is 15.0 Å². The van der Waals surface area contributed by atoms with Crippen molar-refractivity contribution < 1.29 is 0 Å². The van der Waals surface area contributed by atoms with Gasteiger partial charge in [-0.15, -0.1) is 0 Å². The Hall–Kier alpha value is -7.23. The van der Waals surface area contributed by atoms with Crippen LogP contribution in [0.2, 0.25) is 0 Å². The summed E-state index contributed by atoms with van der Waals surface area (Å²) in [4.78, 5) is 16.0. The summed E-state index contributed by atoms with van der Waals surface area (Å²) >= 11 is 0. The Balaban J connectivity index is 1.14. The molecule has 3 heteroatoms. The van der Waals surface area contributed by atoms with Gasteiger partial charge in [-0.1, -0.05) is 196 Å². The van der Waals surface area contributed by atoms with Crippen LogP contribution in [-0.4, -0.2) is 15.0 Å². The van der Waals surface area contributed by atoms with E-state index in [2.05, 4.69) is 184 Å². The minimum atomic E-state index is -0.509. The van der Waals surface area contributed by atoms with Crippen LogP contribution in [0.1, 0.15) is 47.2 Å². The molecule has 1 spiro atoms. The van der Waals surface area contributed by atoms with Crippen molar-refractivity contribution in [2.75, 3.05) is 0 Å². The number of benzene rings is 9. The van der Waals surface area contributed by atoms with Gasteiger partial charge in [0, 0.05) is 22.1 Å². The molecule has 58 heavy (non-hydrogen) atoms. The fraction of sp³-hybridized carbons (Fsp3) is 0.0727. The molecule has 0 saturated carbocycles. The topological polar surface area (TPSA) is 38.7 Å². The molecule has 0 atom stereocenters. The molecule has 2 aliphatic carbocycles. The molecule has 0 bridgehead atoms. The summed E-state index contributed by atoms with van der Waals surface area (Å²) in [6.07, 6.45) is 0. The van der Waals surface area contributed by atoms with Crippen LogP contribution in [0.15, 0.2) is 188 Å². The maximum absolute atomic E-state index is 5.42. The van der Waals surface area contributed by atoms with E-state index in [-0.39, 0.29) is 5.41 Å². The summed E-state index contributed by atoms with van der Waals surface area (Å²) < 4.78 is 0. The van der Waals surface area contributed by atoms with E-state index in [1.54, 1.807) is 0 Å². The molecule has 1 aromatic heterocycles. The van der Waals surface area contributed by atoms with Gasteiger partial charge in [-0.05, 0) is 82.9 Å². The van der Waals surface area contributed by atoms with Crippen molar-refractivity contribution in [3.8, 4) is 45.3 Å². The van der Waals surface area contributed by atoms with Crippen LogP contribution in [-0.2, 0) is 10.8 Å². The van der Waals surface area contributed by atoms with E-state index >= 15 is 0 Å². The van der Waals surface area contributed by atoms with Gasteiger partial charge in [-0.2, -0.15) is 0 Å². The molecule has 272 valence electrons. The van der Waals surface area contributed by atoms with Crippen LogP contribution in [0.3, 0.4) is 0 Å². The second-order valence-electron chi connectivity index (χ2n) is 16.3. The predicted octanol–water partition coefficient (Wildman–Crippen LogP) is 13.3. The molecular formula is C55H37N3. The molecule has 0 amide bonds. The molecular weight excluding hydrogens is 703 g/mol. The van der Waals surface area contributed by atoms with E-state index in [0.29, 0.717) is 17.5 Å². The lowest BCUT2D eigenvalue weighted by molar-refractivity contribution is 0.563. The molecule has 3 nitrogen and oxygen atoms in total. The zero-order valence-corrected chi connectivity index (χ0v) is 32.2. The fourth-order valence-corrected chi connectivity index (χ4v) is 10.5. The van der Waals surface area contributed by atoms with Gasteiger partial charge in [0.15, 0.2) is 17.5 Å².